The first-order chi connectivity index (χ1) is 10.8. The van der Waals surface area contributed by atoms with Crippen molar-refractivity contribution in [3.05, 3.63) is 42.7 Å². The van der Waals surface area contributed by atoms with Gasteiger partial charge in [-0.2, -0.15) is 0 Å². The predicted octanol–water partition coefficient (Wildman–Crippen LogP) is 2.63. The molecule has 2 heterocycles. The highest BCUT2D eigenvalue weighted by molar-refractivity contribution is 5.49. The van der Waals surface area contributed by atoms with Crippen LogP contribution in [0.15, 0.2) is 42.7 Å². The van der Waals surface area contributed by atoms with E-state index in [2.05, 4.69) is 56.4 Å². The molecular formula is C17H23N5. The van der Waals surface area contributed by atoms with E-state index < -0.39 is 0 Å². The van der Waals surface area contributed by atoms with Gasteiger partial charge in [0.25, 0.3) is 0 Å². The van der Waals surface area contributed by atoms with Crippen molar-refractivity contribution in [2.45, 2.75) is 12.8 Å². The summed E-state index contributed by atoms with van der Waals surface area (Å²) in [4.78, 5) is 13.2. The Hall–Kier alpha value is -2.30. The molecule has 1 aromatic carbocycles. The van der Waals surface area contributed by atoms with Crippen LogP contribution >= 0.6 is 0 Å². The summed E-state index contributed by atoms with van der Waals surface area (Å²) in [6.45, 7) is 3.98. The SMILES string of the molecule is CN(CCNc1cc(N2CCCC2)ncn1)c1ccccc1. The monoisotopic (exact) mass is 297 g/mol. The molecule has 1 aliphatic heterocycles. The van der Waals surface area contributed by atoms with Crippen LogP contribution in [0, 0.1) is 0 Å². The molecule has 0 saturated carbocycles. The van der Waals surface area contributed by atoms with Gasteiger partial charge in [0.2, 0.25) is 0 Å². The van der Waals surface area contributed by atoms with Crippen LogP contribution in [0.2, 0.25) is 0 Å². The van der Waals surface area contributed by atoms with E-state index in [9.17, 15) is 0 Å². The Morgan fingerprint density at radius 1 is 1.14 bits per heavy atom. The molecule has 1 saturated heterocycles. The van der Waals surface area contributed by atoms with Crippen molar-refractivity contribution in [3.8, 4) is 0 Å². The molecule has 22 heavy (non-hydrogen) atoms. The van der Waals surface area contributed by atoms with Crippen molar-refractivity contribution < 1.29 is 0 Å². The van der Waals surface area contributed by atoms with Crippen LogP contribution in [0.3, 0.4) is 0 Å². The summed E-state index contributed by atoms with van der Waals surface area (Å²) < 4.78 is 0. The standard InChI is InChI=1S/C17H23N5/c1-21(15-7-3-2-4-8-15)12-9-18-16-13-17(20-14-19-16)22-10-5-6-11-22/h2-4,7-8,13-14H,5-6,9-12H2,1H3,(H,18,19,20). The van der Waals surface area contributed by atoms with Crippen LogP contribution < -0.4 is 15.1 Å². The molecule has 0 amide bonds. The topological polar surface area (TPSA) is 44.3 Å². The second-order valence-corrected chi connectivity index (χ2v) is 5.64. The molecule has 0 radical (unpaired) electrons. The minimum atomic E-state index is 0.849. The molecule has 3 rings (SSSR count). The van der Waals surface area contributed by atoms with Crippen molar-refractivity contribution >= 4 is 17.3 Å². The molecule has 1 aliphatic rings. The highest BCUT2D eigenvalue weighted by Crippen LogP contribution is 2.19. The third kappa shape index (κ3) is 3.67. The number of nitrogens with one attached hydrogen (secondary N) is 1. The average molecular weight is 297 g/mol. The van der Waals surface area contributed by atoms with E-state index in [4.69, 9.17) is 0 Å². The smallest absolute Gasteiger partial charge is 0.134 e. The Morgan fingerprint density at radius 2 is 1.91 bits per heavy atom. The van der Waals surface area contributed by atoms with Crippen molar-refractivity contribution in [2.75, 3.05) is 48.3 Å². The molecule has 1 aromatic heterocycles. The number of rotatable bonds is 6. The van der Waals surface area contributed by atoms with Crippen LogP contribution in [0.4, 0.5) is 17.3 Å². The molecular weight excluding hydrogens is 274 g/mol. The van der Waals surface area contributed by atoms with E-state index in [1.165, 1.54) is 18.5 Å². The van der Waals surface area contributed by atoms with E-state index in [1.807, 2.05) is 12.1 Å². The van der Waals surface area contributed by atoms with Gasteiger partial charge in [-0.05, 0) is 25.0 Å². The van der Waals surface area contributed by atoms with E-state index in [-0.39, 0.29) is 0 Å². The predicted molar refractivity (Wildman–Crippen MR) is 91.7 cm³/mol. The minimum absolute atomic E-state index is 0.849. The number of para-hydroxylation sites is 1. The van der Waals surface area contributed by atoms with Crippen molar-refractivity contribution in [3.63, 3.8) is 0 Å². The number of anilines is 3. The number of hydrogen-bond acceptors (Lipinski definition) is 5. The third-order valence-corrected chi connectivity index (χ3v) is 4.03. The van der Waals surface area contributed by atoms with Gasteiger partial charge < -0.3 is 15.1 Å². The lowest BCUT2D eigenvalue weighted by Crippen LogP contribution is -2.25. The molecule has 1 N–H and O–H groups in total. The summed E-state index contributed by atoms with van der Waals surface area (Å²) in [5, 5.41) is 3.39. The summed E-state index contributed by atoms with van der Waals surface area (Å²) in [7, 11) is 2.10. The first-order valence-corrected chi connectivity index (χ1v) is 7.90. The highest BCUT2D eigenvalue weighted by Gasteiger charge is 2.13. The van der Waals surface area contributed by atoms with Gasteiger partial charge in [0.15, 0.2) is 0 Å². The number of hydrogen-bond donors (Lipinski definition) is 1. The average Bonchev–Trinajstić information content (AvgIpc) is 3.10. The lowest BCUT2D eigenvalue weighted by molar-refractivity contribution is 0.900. The molecule has 5 heteroatoms. The van der Waals surface area contributed by atoms with Crippen molar-refractivity contribution in [2.24, 2.45) is 0 Å². The maximum absolute atomic E-state index is 4.38. The summed E-state index contributed by atoms with van der Waals surface area (Å²) in [5.74, 6) is 1.93. The quantitative estimate of drug-likeness (QED) is 0.888. The van der Waals surface area contributed by atoms with Gasteiger partial charge in [-0.3, -0.25) is 0 Å². The fourth-order valence-electron chi connectivity index (χ4n) is 2.73. The number of nitrogens with zero attached hydrogens (tertiary/aromatic N) is 4. The van der Waals surface area contributed by atoms with Gasteiger partial charge in [0, 0.05) is 45.0 Å². The largest absolute Gasteiger partial charge is 0.373 e. The Bertz CT molecular complexity index is 581. The Kier molecular flexibility index (Phi) is 4.73. The van der Waals surface area contributed by atoms with Crippen LogP contribution in [0.25, 0.3) is 0 Å². The molecule has 0 unspecified atom stereocenters. The number of benzene rings is 1. The lowest BCUT2D eigenvalue weighted by atomic mass is 10.3. The van der Waals surface area contributed by atoms with Crippen LogP contribution in [-0.2, 0) is 0 Å². The summed E-state index contributed by atoms with van der Waals surface area (Å²) in [6.07, 6.45) is 4.17. The van der Waals surface area contributed by atoms with E-state index in [1.54, 1.807) is 6.33 Å². The van der Waals surface area contributed by atoms with Crippen LogP contribution in [-0.4, -0.2) is 43.2 Å². The van der Waals surface area contributed by atoms with Crippen LogP contribution in [0.5, 0.6) is 0 Å². The zero-order valence-corrected chi connectivity index (χ0v) is 13.1. The highest BCUT2D eigenvalue weighted by atomic mass is 15.2. The second-order valence-electron chi connectivity index (χ2n) is 5.64. The Labute approximate surface area is 132 Å². The van der Waals surface area contributed by atoms with Crippen molar-refractivity contribution in [1.29, 1.82) is 0 Å². The van der Waals surface area contributed by atoms with Gasteiger partial charge in [-0.1, -0.05) is 18.2 Å². The van der Waals surface area contributed by atoms with E-state index in [0.717, 1.165) is 37.8 Å². The van der Waals surface area contributed by atoms with E-state index in [0.29, 0.717) is 0 Å². The normalized spacial score (nSPS) is 14.1. The zero-order valence-electron chi connectivity index (χ0n) is 13.1. The molecule has 1 fully saturated rings. The number of likely N-dealkylation sites (N-methyl/N-ethyl adjacent to an activating group) is 1. The summed E-state index contributed by atoms with van der Waals surface area (Å²) in [6, 6.07) is 12.5. The van der Waals surface area contributed by atoms with Gasteiger partial charge in [-0.15, -0.1) is 0 Å². The zero-order chi connectivity index (χ0) is 15.2. The Morgan fingerprint density at radius 3 is 2.68 bits per heavy atom. The van der Waals surface area contributed by atoms with Gasteiger partial charge in [-0.25, -0.2) is 9.97 Å². The van der Waals surface area contributed by atoms with Gasteiger partial charge in [0.1, 0.15) is 18.0 Å². The molecule has 0 aliphatic carbocycles. The first kappa shape index (κ1) is 14.6. The first-order valence-electron chi connectivity index (χ1n) is 7.90. The fourth-order valence-corrected chi connectivity index (χ4v) is 2.73. The molecule has 2 aromatic rings. The molecule has 5 nitrogen and oxygen atoms in total. The molecule has 0 atom stereocenters. The van der Waals surface area contributed by atoms with Gasteiger partial charge in [0.05, 0.1) is 0 Å². The molecule has 0 spiro atoms. The second kappa shape index (κ2) is 7.11. The maximum atomic E-state index is 4.38. The molecule has 0 bridgehead atoms. The summed E-state index contributed by atoms with van der Waals surface area (Å²) >= 11 is 0. The number of aromatic nitrogens is 2. The van der Waals surface area contributed by atoms with Crippen molar-refractivity contribution in [1.82, 2.24) is 9.97 Å². The maximum Gasteiger partial charge on any atom is 0.134 e. The summed E-state index contributed by atoms with van der Waals surface area (Å²) in [5.41, 5.74) is 1.23. The van der Waals surface area contributed by atoms with Crippen LogP contribution in [0.1, 0.15) is 12.8 Å². The fraction of sp³-hybridized carbons (Fsp3) is 0.412. The lowest BCUT2D eigenvalue weighted by Gasteiger charge is -2.20. The van der Waals surface area contributed by atoms with Gasteiger partial charge >= 0.3 is 0 Å². The minimum Gasteiger partial charge on any atom is -0.373 e. The Balaban J connectivity index is 1.52. The third-order valence-electron chi connectivity index (χ3n) is 4.03. The van der Waals surface area contributed by atoms with E-state index >= 15 is 0 Å². The molecule has 116 valence electrons.